The van der Waals surface area contributed by atoms with Crippen molar-refractivity contribution in [3.05, 3.63) is 69.8 Å². The quantitative estimate of drug-likeness (QED) is 0.650. The van der Waals surface area contributed by atoms with Gasteiger partial charge in [0.2, 0.25) is 0 Å². The van der Waals surface area contributed by atoms with Crippen molar-refractivity contribution in [1.82, 2.24) is 0 Å². The number of benzene rings is 2. The number of phenolic OH excluding ortho intramolecular Hbond substituents is 1. The van der Waals surface area contributed by atoms with Crippen LogP contribution in [0.4, 0.5) is 5.69 Å². The minimum Gasteiger partial charge on any atom is -0.508 e. The Morgan fingerprint density at radius 3 is 1.88 bits per heavy atom. The van der Waals surface area contributed by atoms with Crippen LogP contribution in [-0.4, -0.2) is 10.0 Å². The maximum atomic E-state index is 10.5. The van der Waals surface area contributed by atoms with Crippen LogP contribution in [0.2, 0.25) is 0 Å². The average Bonchev–Trinajstić information content (AvgIpc) is 2.33. The van der Waals surface area contributed by atoms with Gasteiger partial charge in [-0.2, -0.15) is 0 Å². The Hall–Kier alpha value is -2.36. The van der Waals surface area contributed by atoms with Gasteiger partial charge < -0.3 is 5.11 Å². The Morgan fingerprint density at radius 1 is 0.941 bits per heavy atom. The van der Waals surface area contributed by atoms with Crippen molar-refractivity contribution >= 4 is 5.69 Å². The van der Waals surface area contributed by atoms with Gasteiger partial charge in [-0.1, -0.05) is 24.3 Å². The lowest BCUT2D eigenvalue weighted by atomic mass is 10.0. The number of nitro benzene ring substituents is 1. The summed E-state index contributed by atoms with van der Waals surface area (Å²) in [5, 5.41) is 19.6. The second kappa shape index (κ2) is 4.65. The Balaban J connectivity index is 2.13. The molecule has 0 radical (unpaired) electrons. The van der Waals surface area contributed by atoms with Crippen LogP contribution in [0.3, 0.4) is 0 Å². The normalized spacial score (nSPS) is 10.1. The molecule has 0 amide bonds. The maximum Gasteiger partial charge on any atom is 0.269 e. The molecule has 4 nitrogen and oxygen atoms in total. The van der Waals surface area contributed by atoms with Crippen LogP contribution in [0.15, 0.2) is 48.5 Å². The topological polar surface area (TPSA) is 63.4 Å². The number of non-ortho nitro benzene ring substituents is 1. The van der Waals surface area contributed by atoms with Gasteiger partial charge in [-0.05, 0) is 29.7 Å². The molecule has 0 unspecified atom stereocenters. The summed E-state index contributed by atoms with van der Waals surface area (Å²) in [6, 6.07) is 13.4. The molecule has 17 heavy (non-hydrogen) atoms. The van der Waals surface area contributed by atoms with E-state index in [1.54, 1.807) is 24.3 Å². The van der Waals surface area contributed by atoms with Crippen molar-refractivity contribution in [2.45, 2.75) is 6.42 Å². The first-order valence-electron chi connectivity index (χ1n) is 5.16. The van der Waals surface area contributed by atoms with E-state index in [1.165, 1.54) is 12.1 Å². The Bertz CT molecular complexity index is 517. The largest absolute Gasteiger partial charge is 0.508 e. The average molecular weight is 229 g/mol. The van der Waals surface area contributed by atoms with E-state index in [0.717, 1.165) is 11.1 Å². The summed E-state index contributed by atoms with van der Waals surface area (Å²) in [5.41, 5.74) is 2.15. The molecule has 4 heteroatoms. The summed E-state index contributed by atoms with van der Waals surface area (Å²) >= 11 is 0. The highest BCUT2D eigenvalue weighted by Gasteiger charge is 2.04. The molecule has 0 fully saturated rings. The van der Waals surface area contributed by atoms with E-state index >= 15 is 0 Å². The summed E-state index contributed by atoms with van der Waals surface area (Å²) < 4.78 is 0. The molecule has 2 rings (SSSR count). The van der Waals surface area contributed by atoms with Crippen molar-refractivity contribution in [2.24, 2.45) is 0 Å². The van der Waals surface area contributed by atoms with Crippen molar-refractivity contribution in [2.75, 3.05) is 0 Å². The summed E-state index contributed by atoms with van der Waals surface area (Å²) in [4.78, 5) is 10.1. The monoisotopic (exact) mass is 229 g/mol. The summed E-state index contributed by atoms with van der Waals surface area (Å²) in [7, 11) is 0. The molecule has 2 aromatic carbocycles. The number of hydrogen-bond donors (Lipinski definition) is 1. The van der Waals surface area contributed by atoms with E-state index in [-0.39, 0.29) is 11.4 Å². The molecule has 0 heterocycles. The Kier molecular flexibility index (Phi) is 3.05. The molecular formula is C13H11NO3. The Labute approximate surface area is 98.3 Å². The second-order valence-corrected chi connectivity index (χ2v) is 3.77. The fraction of sp³-hybridized carbons (Fsp3) is 0.0769. The molecule has 1 N–H and O–H groups in total. The first kappa shape index (κ1) is 11.1. The molecular weight excluding hydrogens is 218 g/mol. The summed E-state index contributed by atoms with van der Waals surface area (Å²) in [5.74, 6) is 0.234. The number of rotatable bonds is 3. The zero-order valence-electron chi connectivity index (χ0n) is 9.04. The number of nitrogens with zero attached hydrogens (tertiary/aromatic N) is 1. The molecule has 0 aliphatic carbocycles. The minimum absolute atomic E-state index is 0.0967. The molecule has 0 saturated heterocycles. The standard InChI is InChI=1S/C13H11NO3/c15-13-7-3-11(4-8-13)9-10-1-5-12(6-2-10)14(16)17/h1-8,15H,9H2. The van der Waals surface area contributed by atoms with Crippen LogP contribution < -0.4 is 0 Å². The van der Waals surface area contributed by atoms with E-state index in [1.807, 2.05) is 12.1 Å². The fourth-order valence-electron chi connectivity index (χ4n) is 1.59. The zero-order valence-corrected chi connectivity index (χ0v) is 9.04. The Morgan fingerprint density at radius 2 is 1.41 bits per heavy atom. The minimum atomic E-state index is -0.412. The lowest BCUT2D eigenvalue weighted by Crippen LogP contribution is -1.90. The van der Waals surface area contributed by atoms with Gasteiger partial charge in [-0.25, -0.2) is 0 Å². The van der Waals surface area contributed by atoms with E-state index in [2.05, 4.69) is 0 Å². The third-order valence-corrected chi connectivity index (χ3v) is 2.49. The van der Waals surface area contributed by atoms with Crippen LogP contribution >= 0.6 is 0 Å². The van der Waals surface area contributed by atoms with Gasteiger partial charge >= 0.3 is 0 Å². The molecule has 0 atom stereocenters. The van der Waals surface area contributed by atoms with Gasteiger partial charge in [0.15, 0.2) is 0 Å². The van der Waals surface area contributed by atoms with E-state index in [4.69, 9.17) is 5.11 Å². The van der Waals surface area contributed by atoms with Crippen molar-refractivity contribution in [3.8, 4) is 5.75 Å². The van der Waals surface area contributed by atoms with Gasteiger partial charge in [0.1, 0.15) is 5.75 Å². The van der Waals surface area contributed by atoms with Crippen LogP contribution in [0.1, 0.15) is 11.1 Å². The predicted octanol–water partition coefficient (Wildman–Crippen LogP) is 2.89. The van der Waals surface area contributed by atoms with E-state index in [9.17, 15) is 10.1 Å². The van der Waals surface area contributed by atoms with Crippen molar-refractivity contribution in [1.29, 1.82) is 0 Å². The van der Waals surface area contributed by atoms with Crippen LogP contribution in [0, 0.1) is 10.1 Å². The van der Waals surface area contributed by atoms with Crippen LogP contribution in [-0.2, 0) is 6.42 Å². The van der Waals surface area contributed by atoms with Gasteiger partial charge in [0.05, 0.1) is 4.92 Å². The van der Waals surface area contributed by atoms with Gasteiger partial charge in [0.25, 0.3) is 5.69 Å². The lowest BCUT2D eigenvalue weighted by Gasteiger charge is -2.02. The van der Waals surface area contributed by atoms with Gasteiger partial charge in [0, 0.05) is 12.1 Å². The third-order valence-electron chi connectivity index (χ3n) is 2.49. The fourth-order valence-corrected chi connectivity index (χ4v) is 1.59. The number of hydrogen-bond acceptors (Lipinski definition) is 3. The molecule has 0 aliphatic heterocycles. The van der Waals surface area contributed by atoms with Gasteiger partial charge in [-0.3, -0.25) is 10.1 Å². The second-order valence-electron chi connectivity index (χ2n) is 3.77. The van der Waals surface area contributed by atoms with Crippen LogP contribution in [0.5, 0.6) is 5.75 Å². The molecule has 0 saturated carbocycles. The molecule has 0 aliphatic rings. The number of aromatic hydroxyl groups is 1. The van der Waals surface area contributed by atoms with E-state index in [0.29, 0.717) is 6.42 Å². The highest BCUT2D eigenvalue weighted by Crippen LogP contribution is 2.16. The number of nitro groups is 1. The maximum absolute atomic E-state index is 10.5. The third kappa shape index (κ3) is 2.81. The van der Waals surface area contributed by atoms with E-state index < -0.39 is 4.92 Å². The summed E-state index contributed by atoms with van der Waals surface area (Å²) in [6.07, 6.45) is 0.693. The van der Waals surface area contributed by atoms with Gasteiger partial charge in [-0.15, -0.1) is 0 Å². The number of phenols is 1. The molecule has 0 spiro atoms. The predicted molar refractivity (Wildman–Crippen MR) is 64.0 cm³/mol. The van der Waals surface area contributed by atoms with Crippen LogP contribution in [0.25, 0.3) is 0 Å². The summed E-state index contributed by atoms with van der Waals surface area (Å²) in [6.45, 7) is 0. The molecule has 2 aromatic rings. The SMILES string of the molecule is O=[N+]([O-])c1ccc(Cc2ccc(O)cc2)cc1. The van der Waals surface area contributed by atoms with Crippen molar-refractivity contribution in [3.63, 3.8) is 0 Å². The zero-order chi connectivity index (χ0) is 12.3. The molecule has 0 aromatic heterocycles. The first-order chi connectivity index (χ1) is 8.15. The smallest absolute Gasteiger partial charge is 0.269 e. The van der Waals surface area contributed by atoms with Crippen molar-refractivity contribution < 1.29 is 10.0 Å². The highest BCUT2D eigenvalue weighted by atomic mass is 16.6. The molecule has 0 bridgehead atoms. The lowest BCUT2D eigenvalue weighted by molar-refractivity contribution is -0.384. The first-order valence-corrected chi connectivity index (χ1v) is 5.16. The highest BCUT2D eigenvalue weighted by molar-refractivity contribution is 5.36. The molecule has 86 valence electrons.